The number of halogens is 1. The fraction of sp³-hybridized carbons (Fsp3) is 0.500. The van der Waals surface area contributed by atoms with Crippen LogP contribution in [0.5, 0.6) is 0 Å². The molecule has 1 fully saturated rings. The molecule has 1 heterocycles. The third kappa shape index (κ3) is 1.13. The SMILES string of the molecule is O=C1NC(=O)[C@@H](CCl)N1. The van der Waals surface area contributed by atoms with E-state index in [-0.39, 0.29) is 11.8 Å². The molecule has 1 saturated heterocycles. The predicted octanol–water partition coefficient (Wildman–Crippen LogP) is -0.567. The molecule has 4 nitrogen and oxygen atoms in total. The summed E-state index contributed by atoms with van der Waals surface area (Å²) in [6.07, 6.45) is 0. The molecule has 5 heteroatoms. The number of alkyl halides is 1. The van der Waals surface area contributed by atoms with Crippen LogP contribution in [0.3, 0.4) is 0 Å². The molecule has 0 aromatic rings. The second-order valence-corrected chi connectivity index (χ2v) is 1.98. The lowest BCUT2D eigenvalue weighted by molar-refractivity contribution is -0.119. The van der Waals surface area contributed by atoms with E-state index in [9.17, 15) is 9.59 Å². The third-order valence-corrected chi connectivity index (χ3v) is 1.32. The van der Waals surface area contributed by atoms with Gasteiger partial charge in [-0.1, -0.05) is 0 Å². The Morgan fingerprint density at radius 3 is 2.44 bits per heavy atom. The minimum Gasteiger partial charge on any atom is -0.325 e. The number of amides is 3. The molecule has 9 heavy (non-hydrogen) atoms. The van der Waals surface area contributed by atoms with Gasteiger partial charge in [0.25, 0.3) is 5.91 Å². The zero-order valence-electron chi connectivity index (χ0n) is 4.48. The molecule has 0 saturated carbocycles. The van der Waals surface area contributed by atoms with Gasteiger partial charge < -0.3 is 5.32 Å². The van der Waals surface area contributed by atoms with E-state index in [1.54, 1.807) is 0 Å². The minimum absolute atomic E-state index is 0.123. The van der Waals surface area contributed by atoms with Crippen molar-refractivity contribution in [3.63, 3.8) is 0 Å². The van der Waals surface area contributed by atoms with Gasteiger partial charge in [-0.15, -0.1) is 11.6 Å². The van der Waals surface area contributed by atoms with Gasteiger partial charge in [0.1, 0.15) is 6.04 Å². The summed E-state index contributed by atoms with van der Waals surface area (Å²) < 4.78 is 0. The average molecular weight is 149 g/mol. The summed E-state index contributed by atoms with van der Waals surface area (Å²) >= 11 is 5.29. The molecule has 0 unspecified atom stereocenters. The van der Waals surface area contributed by atoms with Gasteiger partial charge in [0.2, 0.25) is 0 Å². The number of urea groups is 1. The predicted molar refractivity (Wildman–Crippen MR) is 31.2 cm³/mol. The van der Waals surface area contributed by atoms with Gasteiger partial charge in [0.05, 0.1) is 5.88 Å². The fourth-order valence-corrected chi connectivity index (χ4v) is 0.785. The monoisotopic (exact) mass is 148 g/mol. The van der Waals surface area contributed by atoms with Gasteiger partial charge >= 0.3 is 6.03 Å². The van der Waals surface area contributed by atoms with E-state index in [0.29, 0.717) is 0 Å². The van der Waals surface area contributed by atoms with Gasteiger partial charge in [-0.25, -0.2) is 4.79 Å². The maximum absolute atomic E-state index is 10.5. The molecule has 50 valence electrons. The Balaban J connectivity index is 2.58. The summed E-state index contributed by atoms with van der Waals surface area (Å²) in [5, 5.41) is 4.37. The molecule has 0 aromatic heterocycles. The Hall–Kier alpha value is -0.770. The molecule has 1 aliphatic heterocycles. The van der Waals surface area contributed by atoms with Crippen LogP contribution in [0.4, 0.5) is 4.79 Å². The van der Waals surface area contributed by atoms with Crippen molar-refractivity contribution in [2.45, 2.75) is 6.04 Å². The van der Waals surface area contributed by atoms with Crippen molar-refractivity contribution < 1.29 is 9.59 Å². The molecule has 0 radical (unpaired) electrons. The Labute approximate surface area is 56.6 Å². The lowest BCUT2D eigenvalue weighted by Crippen LogP contribution is -2.30. The Kier molecular flexibility index (Phi) is 1.57. The summed E-state index contributed by atoms with van der Waals surface area (Å²) in [5.74, 6) is -0.229. The number of nitrogens with one attached hydrogen (secondary N) is 2. The largest absolute Gasteiger partial charge is 0.325 e. The van der Waals surface area contributed by atoms with E-state index >= 15 is 0 Å². The quantitative estimate of drug-likeness (QED) is 0.387. The number of carbonyl (C=O) groups is 2. The zero-order valence-corrected chi connectivity index (χ0v) is 5.23. The standard InChI is InChI=1S/C4H5ClN2O2/c5-1-2-3(8)7-4(9)6-2/h2H,1H2,(H2,6,7,8,9)/t2-/m1/s1. The Morgan fingerprint density at radius 2 is 2.22 bits per heavy atom. The van der Waals surface area contributed by atoms with Crippen LogP contribution in [0.2, 0.25) is 0 Å². The molecule has 1 aliphatic rings. The summed E-state index contributed by atoms with van der Waals surface area (Å²) in [7, 11) is 0. The number of rotatable bonds is 1. The van der Waals surface area contributed by atoms with Crippen LogP contribution in [0.15, 0.2) is 0 Å². The van der Waals surface area contributed by atoms with Crippen molar-refractivity contribution in [3.05, 3.63) is 0 Å². The van der Waals surface area contributed by atoms with Crippen molar-refractivity contribution >= 4 is 23.5 Å². The first-order valence-corrected chi connectivity index (χ1v) is 2.95. The summed E-state index contributed by atoms with van der Waals surface area (Å²) in [6.45, 7) is 0. The topological polar surface area (TPSA) is 58.2 Å². The van der Waals surface area contributed by atoms with Crippen LogP contribution in [-0.4, -0.2) is 23.9 Å². The van der Waals surface area contributed by atoms with Crippen molar-refractivity contribution in [2.24, 2.45) is 0 Å². The van der Waals surface area contributed by atoms with E-state index in [2.05, 4.69) is 5.32 Å². The van der Waals surface area contributed by atoms with Crippen LogP contribution in [-0.2, 0) is 4.79 Å². The molecule has 1 rings (SSSR count). The normalized spacial score (nSPS) is 25.7. The summed E-state index contributed by atoms with van der Waals surface area (Å²) in [5.41, 5.74) is 0. The molecule has 0 spiro atoms. The number of hydrogen-bond donors (Lipinski definition) is 2. The maximum Gasteiger partial charge on any atom is 0.322 e. The van der Waals surface area contributed by atoms with Gasteiger partial charge in [-0.05, 0) is 0 Å². The van der Waals surface area contributed by atoms with Gasteiger partial charge in [0.15, 0.2) is 0 Å². The molecule has 2 N–H and O–H groups in total. The summed E-state index contributed by atoms with van der Waals surface area (Å²) in [4.78, 5) is 20.9. The second-order valence-electron chi connectivity index (χ2n) is 1.67. The number of carbonyl (C=O) groups excluding carboxylic acids is 2. The smallest absolute Gasteiger partial charge is 0.322 e. The minimum atomic E-state index is -0.542. The lowest BCUT2D eigenvalue weighted by Gasteiger charge is -1.97. The highest BCUT2D eigenvalue weighted by molar-refractivity contribution is 6.21. The fourth-order valence-electron chi connectivity index (χ4n) is 0.568. The van der Waals surface area contributed by atoms with E-state index in [1.165, 1.54) is 0 Å². The number of imide groups is 1. The first-order chi connectivity index (χ1) is 4.24. The van der Waals surface area contributed by atoms with E-state index in [1.807, 2.05) is 5.32 Å². The molecule has 1 atom stereocenters. The van der Waals surface area contributed by atoms with Crippen molar-refractivity contribution in [1.82, 2.24) is 10.6 Å². The van der Waals surface area contributed by atoms with Crippen LogP contribution < -0.4 is 10.6 Å². The summed E-state index contributed by atoms with van der Waals surface area (Å²) in [6, 6.07) is -1.01. The molecule has 0 aromatic carbocycles. The number of hydrogen-bond acceptors (Lipinski definition) is 2. The van der Waals surface area contributed by atoms with Crippen molar-refractivity contribution in [3.8, 4) is 0 Å². The molecule has 3 amide bonds. The van der Waals surface area contributed by atoms with Crippen molar-refractivity contribution in [1.29, 1.82) is 0 Å². The lowest BCUT2D eigenvalue weighted by atomic mass is 10.3. The first-order valence-electron chi connectivity index (χ1n) is 2.41. The van der Waals surface area contributed by atoms with E-state index < -0.39 is 12.1 Å². The van der Waals surface area contributed by atoms with E-state index in [4.69, 9.17) is 11.6 Å². The van der Waals surface area contributed by atoms with Crippen molar-refractivity contribution in [2.75, 3.05) is 5.88 Å². The van der Waals surface area contributed by atoms with Gasteiger partial charge in [0, 0.05) is 0 Å². The third-order valence-electron chi connectivity index (χ3n) is 1.01. The van der Waals surface area contributed by atoms with E-state index in [0.717, 1.165) is 0 Å². The maximum atomic E-state index is 10.5. The Bertz CT molecular complexity index is 159. The zero-order chi connectivity index (χ0) is 6.85. The second kappa shape index (κ2) is 2.23. The average Bonchev–Trinajstić information content (AvgIpc) is 2.10. The first kappa shape index (κ1) is 6.35. The van der Waals surface area contributed by atoms with Crippen LogP contribution in [0.1, 0.15) is 0 Å². The van der Waals surface area contributed by atoms with Gasteiger partial charge in [-0.2, -0.15) is 0 Å². The Morgan fingerprint density at radius 1 is 1.56 bits per heavy atom. The van der Waals surface area contributed by atoms with Gasteiger partial charge in [-0.3, -0.25) is 10.1 Å². The molecular formula is C4H5ClN2O2. The molecule has 0 bridgehead atoms. The molecular weight excluding hydrogens is 144 g/mol. The molecule has 0 aliphatic carbocycles. The highest BCUT2D eigenvalue weighted by Gasteiger charge is 2.27. The highest BCUT2D eigenvalue weighted by Crippen LogP contribution is 1.94. The van der Waals surface area contributed by atoms with Crippen LogP contribution in [0.25, 0.3) is 0 Å². The highest BCUT2D eigenvalue weighted by atomic mass is 35.5. The van der Waals surface area contributed by atoms with Crippen LogP contribution >= 0.6 is 11.6 Å². The van der Waals surface area contributed by atoms with Crippen LogP contribution in [0, 0.1) is 0 Å².